The predicted octanol–water partition coefficient (Wildman–Crippen LogP) is 3.93. The monoisotopic (exact) mass is 341 g/mol. The smallest absolute Gasteiger partial charge is 0.132 e. The van der Waals surface area contributed by atoms with Crippen molar-refractivity contribution >= 4 is 49.2 Å². The molecule has 2 rings (SSSR count). The average Bonchev–Trinajstić information content (AvgIpc) is 2.24. The molecule has 1 aromatic heterocycles. The first-order valence-corrected chi connectivity index (χ1v) is 6.19. The Labute approximate surface area is 110 Å². The molecule has 0 saturated carbocycles. The number of pyridine rings is 1. The van der Waals surface area contributed by atoms with Gasteiger partial charge in [0, 0.05) is 8.95 Å². The molecule has 82 valence electrons. The van der Waals surface area contributed by atoms with Crippen LogP contribution in [0.3, 0.4) is 0 Å². The van der Waals surface area contributed by atoms with Crippen LogP contribution >= 0.6 is 31.9 Å². The Morgan fingerprint density at radius 1 is 1.00 bits per heavy atom. The van der Waals surface area contributed by atoms with Gasteiger partial charge in [-0.1, -0.05) is 12.1 Å². The number of rotatable bonds is 2. The summed E-state index contributed by atoms with van der Waals surface area (Å²) >= 11 is 6.94. The zero-order valence-electron chi connectivity index (χ0n) is 8.24. The number of hydrogen-bond donors (Lipinski definition) is 2. The molecule has 0 unspecified atom stereocenters. The maximum Gasteiger partial charge on any atom is 0.132 e. The molecule has 2 aromatic rings. The first-order valence-electron chi connectivity index (χ1n) is 4.60. The highest BCUT2D eigenvalue weighted by Gasteiger charge is 2.05. The first-order chi connectivity index (χ1) is 7.66. The van der Waals surface area contributed by atoms with Crippen LogP contribution in [-0.4, -0.2) is 4.98 Å². The van der Waals surface area contributed by atoms with E-state index in [4.69, 9.17) is 5.73 Å². The fraction of sp³-hybridized carbons (Fsp3) is 0. The molecule has 0 atom stereocenters. The Hall–Kier alpha value is -1.07. The third-order valence-electron chi connectivity index (χ3n) is 1.99. The minimum atomic E-state index is 0.494. The largest absolute Gasteiger partial charge is 0.384 e. The minimum absolute atomic E-state index is 0.494. The van der Waals surface area contributed by atoms with Crippen LogP contribution in [0.4, 0.5) is 17.3 Å². The molecule has 5 heteroatoms. The molecule has 3 N–H and O–H groups in total. The highest BCUT2D eigenvalue weighted by atomic mass is 79.9. The molecule has 3 nitrogen and oxygen atoms in total. The van der Waals surface area contributed by atoms with Crippen LogP contribution in [0.15, 0.2) is 45.3 Å². The van der Waals surface area contributed by atoms with Gasteiger partial charge in [-0.15, -0.1) is 0 Å². The van der Waals surface area contributed by atoms with Gasteiger partial charge in [0.15, 0.2) is 0 Å². The maximum absolute atomic E-state index is 5.61. The Morgan fingerprint density at radius 2 is 1.62 bits per heavy atom. The summed E-state index contributed by atoms with van der Waals surface area (Å²) in [5.74, 6) is 1.21. The number of nitrogen functional groups attached to an aromatic ring is 1. The van der Waals surface area contributed by atoms with Crippen molar-refractivity contribution < 1.29 is 0 Å². The second-order valence-electron chi connectivity index (χ2n) is 3.17. The van der Waals surface area contributed by atoms with Gasteiger partial charge in [0.05, 0.1) is 5.69 Å². The number of nitrogens with zero attached hydrogens (tertiary/aromatic N) is 1. The summed E-state index contributed by atoms with van der Waals surface area (Å²) in [5, 5.41) is 3.20. The van der Waals surface area contributed by atoms with E-state index in [1.807, 2.05) is 30.3 Å². The molecule has 0 aliphatic heterocycles. The van der Waals surface area contributed by atoms with Gasteiger partial charge in [-0.2, -0.15) is 0 Å². The fourth-order valence-electron chi connectivity index (χ4n) is 1.27. The van der Waals surface area contributed by atoms with E-state index in [1.165, 1.54) is 0 Å². The topological polar surface area (TPSA) is 50.9 Å². The Bertz CT molecular complexity index is 494. The van der Waals surface area contributed by atoms with Gasteiger partial charge in [0.25, 0.3) is 0 Å². The van der Waals surface area contributed by atoms with Crippen LogP contribution in [0.5, 0.6) is 0 Å². The quantitative estimate of drug-likeness (QED) is 0.869. The van der Waals surface area contributed by atoms with Crippen molar-refractivity contribution in [1.29, 1.82) is 0 Å². The van der Waals surface area contributed by atoms with Crippen molar-refractivity contribution in [3.8, 4) is 0 Å². The summed E-state index contributed by atoms with van der Waals surface area (Å²) in [5.41, 5.74) is 6.54. The molecular formula is C11H9Br2N3. The molecule has 1 aromatic carbocycles. The van der Waals surface area contributed by atoms with E-state index in [0.29, 0.717) is 11.6 Å². The van der Waals surface area contributed by atoms with E-state index in [-0.39, 0.29) is 0 Å². The molecule has 16 heavy (non-hydrogen) atoms. The standard InChI is InChI=1S/C11H9Br2N3/c12-7-3-1-4-8(13)11(7)16-10-6-2-5-9(14)15-10/h1-6H,(H3,14,15,16). The van der Waals surface area contributed by atoms with E-state index < -0.39 is 0 Å². The first kappa shape index (κ1) is 11.4. The molecule has 0 radical (unpaired) electrons. The molecule has 0 saturated heterocycles. The zero-order chi connectivity index (χ0) is 11.5. The summed E-state index contributed by atoms with van der Waals surface area (Å²) < 4.78 is 1.93. The molecule has 0 bridgehead atoms. The third kappa shape index (κ3) is 2.54. The Morgan fingerprint density at radius 3 is 2.25 bits per heavy atom. The number of aromatic nitrogens is 1. The SMILES string of the molecule is Nc1cccc(Nc2c(Br)cccc2Br)n1. The Balaban J connectivity index is 2.34. The van der Waals surface area contributed by atoms with Crippen LogP contribution in [0, 0.1) is 0 Å². The van der Waals surface area contributed by atoms with Gasteiger partial charge in [-0.3, -0.25) is 0 Å². The highest BCUT2D eigenvalue weighted by molar-refractivity contribution is 9.11. The van der Waals surface area contributed by atoms with Crippen molar-refractivity contribution in [3.05, 3.63) is 45.3 Å². The van der Waals surface area contributed by atoms with Crippen LogP contribution in [0.2, 0.25) is 0 Å². The van der Waals surface area contributed by atoms with E-state index in [1.54, 1.807) is 6.07 Å². The average molecular weight is 343 g/mol. The van der Waals surface area contributed by atoms with E-state index in [9.17, 15) is 0 Å². The van der Waals surface area contributed by atoms with E-state index in [0.717, 1.165) is 14.6 Å². The summed E-state index contributed by atoms with van der Waals surface area (Å²) in [7, 11) is 0. The zero-order valence-corrected chi connectivity index (χ0v) is 11.4. The van der Waals surface area contributed by atoms with Crippen LogP contribution in [0.1, 0.15) is 0 Å². The molecular weight excluding hydrogens is 334 g/mol. The number of benzene rings is 1. The van der Waals surface area contributed by atoms with Gasteiger partial charge in [-0.05, 0) is 56.1 Å². The summed E-state index contributed by atoms with van der Waals surface area (Å²) in [6, 6.07) is 11.3. The van der Waals surface area contributed by atoms with Crippen LogP contribution in [-0.2, 0) is 0 Å². The number of hydrogen-bond acceptors (Lipinski definition) is 3. The molecule has 0 amide bonds. The highest BCUT2D eigenvalue weighted by Crippen LogP contribution is 2.32. The lowest BCUT2D eigenvalue weighted by Crippen LogP contribution is -1.97. The lowest BCUT2D eigenvalue weighted by molar-refractivity contribution is 1.31. The van der Waals surface area contributed by atoms with Gasteiger partial charge < -0.3 is 11.1 Å². The van der Waals surface area contributed by atoms with E-state index in [2.05, 4.69) is 42.2 Å². The van der Waals surface area contributed by atoms with Gasteiger partial charge in [0.1, 0.15) is 11.6 Å². The van der Waals surface area contributed by atoms with Gasteiger partial charge in [-0.25, -0.2) is 4.98 Å². The van der Waals surface area contributed by atoms with Gasteiger partial charge >= 0.3 is 0 Å². The van der Waals surface area contributed by atoms with Crippen LogP contribution in [0.25, 0.3) is 0 Å². The normalized spacial score (nSPS) is 10.1. The van der Waals surface area contributed by atoms with Gasteiger partial charge in [0.2, 0.25) is 0 Å². The van der Waals surface area contributed by atoms with Crippen molar-refractivity contribution in [3.63, 3.8) is 0 Å². The van der Waals surface area contributed by atoms with E-state index >= 15 is 0 Å². The van der Waals surface area contributed by atoms with Crippen molar-refractivity contribution in [2.75, 3.05) is 11.1 Å². The third-order valence-corrected chi connectivity index (χ3v) is 3.31. The summed E-state index contributed by atoms with van der Waals surface area (Å²) in [4.78, 5) is 4.18. The van der Waals surface area contributed by atoms with Crippen molar-refractivity contribution in [2.45, 2.75) is 0 Å². The van der Waals surface area contributed by atoms with Crippen molar-refractivity contribution in [1.82, 2.24) is 4.98 Å². The maximum atomic E-state index is 5.61. The lowest BCUT2D eigenvalue weighted by atomic mass is 10.3. The van der Waals surface area contributed by atoms with Crippen molar-refractivity contribution in [2.24, 2.45) is 0 Å². The minimum Gasteiger partial charge on any atom is -0.384 e. The van der Waals surface area contributed by atoms with Crippen LogP contribution < -0.4 is 11.1 Å². The fourth-order valence-corrected chi connectivity index (χ4v) is 2.46. The number of nitrogens with one attached hydrogen (secondary N) is 1. The second-order valence-corrected chi connectivity index (χ2v) is 4.88. The molecule has 1 heterocycles. The number of halogens is 2. The summed E-state index contributed by atoms with van der Waals surface area (Å²) in [6.45, 7) is 0. The molecule has 0 fully saturated rings. The lowest BCUT2D eigenvalue weighted by Gasteiger charge is -2.10. The summed E-state index contributed by atoms with van der Waals surface area (Å²) in [6.07, 6.45) is 0. The molecule has 0 spiro atoms. The molecule has 0 aliphatic carbocycles. The number of nitrogens with two attached hydrogens (primary N) is 1. The number of anilines is 3. The number of para-hydroxylation sites is 1. The second kappa shape index (κ2) is 4.84. The Kier molecular flexibility index (Phi) is 3.46. The predicted molar refractivity (Wildman–Crippen MR) is 73.8 cm³/mol. The molecule has 0 aliphatic rings.